The van der Waals surface area contributed by atoms with E-state index < -0.39 is 29.1 Å². The first kappa shape index (κ1) is 24.3. The van der Waals surface area contributed by atoms with Gasteiger partial charge < -0.3 is 5.11 Å². The van der Waals surface area contributed by atoms with Gasteiger partial charge in [-0.15, -0.1) is 6.58 Å². The van der Waals surface area contributed by atoms with Crippen LogP contribution in [0.3, 0.4) is 0 Å². The van der Waals surface area contributed by atoms with Crippen LogP contribution in [-0.2, 0) is 25.6 Å². The van der Waals surface area contributed by atoms with Crippen molar-refractivity contribution in [1.82, 2.24) is 4.90 Å². The van der Waals surface area contributed by atoms with Crippen LogP contribution in [0.2, 0.25) is 0 Å². The molecule has 2 aromatic rings. The minimum Gasteiger partial charge on any atom is -0.507 e. The zero-order valence-electron chi connectivity index (χ0n) is 21.5. The van der Waals surface area contributed by atoms with Gasteiger partial charge in [0.1, 0.15) is 5.75 Å². The summed E-state index contributed by atoms with van der Waals surface area (Å²) in [5, 5.41) is 11.4. The number of nitrogens with zero attached hydrogens (tertiary/aromatic N) is 2. The third-order valence-electron chi connectivity index (χ3n) is 9.34. The van der Waals surface area contributed by atoms with Crippen LogP contribution >= 0.6 is 0 Å². The lowest BCUT2D eigenvalue weighted by molar-refractivity contribution is -0.138. The average molecular weight is 511 g/mol. The molecule has 0 spiro atoms. The van der Waals surface area contributed by atoms with Gasteiger partial charge in [0, 0.05) is 18.5 Å². The van der Waals surface area contributed by atoms with Gasteiger partial charge in [0.15, 0.2) is 0 Å². The fourth-order valence-corrected chi connectivity index (χ4v) is 7.50. The van der Waals surface area contributed by atoms with Gasteiger partial charge in [0.2, 0.25) is 23.6 Å². The maximum atomic E-state index is 14.3. The molecular formula is C31H30N2O5. The number of para-hydroxylation sites is 2. The molecule has 38 heavy (non-hydrogen) atoms. The molecule has 1 saturated carbocycles. The first-order valence-electron chi connectivity index (χ1n) is 13.1. The Morgan fingerprint density at radius 1 is 1.00 bits per heavy atom. The number of likely N-dealkylation sites (tertiary alicyclic amines) is 1. The van der Waals surface area contributed by atoms with Crippen LogP contribution in [0.25, 0.3) is 0 Å². The zero-order valence-corrected chi connectivity index (χ0v) is 21.5. The molecule has 0 aromatic heterocycles. The second-order valence-electron chi connectivity index (χ2n) is 11.1. The molecule has 2 aromatic carbocycles. The highest BCUT2D eigenvalue weighted by molar-refractivity contribution is 6.24. The minimum atomic E-state index is -1.18. The van der Waals surface area contributed by atoms with Crippen molar-refractivity contribution in [3.63, 3.8) is 0 Å². The van der Waals surface area contributed by atoms with E-state index in [4.69, 9.17) is 0 Å². The summed E-state index contributed by atoms with van der Waals surface area (Å²) in [6.07, 6.45) is 4.83. The smallest absolute Gasteiger partial charge is 0.241 e. The molecule has 0 bridgehead atoms. The normalized spacial score (nSPS) is 32.2. The number of anilines is 1. The highest BCUT2D eigenvalue weighted by Gasteiger charge is 2.67. The largest absolute Gasteiger partial charge is 0.507 e. The van der Waals surface area contributed by atoms with Crippen molar-refractivity contribution in [2.45, 2.75) is 32.1 Å². The summed E-state index contributed by atoms with van der Waals surface area (Å²) in [7, 11) is 1.51. The lowest BCUT2D eigenvalue weighted by atomic mass is 9.51. The highest BCUT2D eigenvalue weighted by atomic mass is 16.3. The first-order valence-corrected chi connectivity index (χ1v) is 13.1. The van der Waals surface area contributed by atoms with Crippen LogP contribution in [0.15, 0.2) is 72.8 Å². The van der Waals surface area contributed by atoms with Gasteiger partial charge in [0.25, 0.3) is 0 Å². The molecular weight excluding hydrogens is 480 g/mol. The second-order valence-corrected chi connectivity index (χ2v) is 11.1. The monoisotopic (exact) mass is 510 g/mol. The predicted octanol–water partition coefficient (Wildman–Crippen LogP) is 3.98. The van der Waals surface area contributed by atoms with Gasteiger partial charge in [-0.3, -0.25) is 24.1 Å². The van der Waals surface area contributed by atoms with Crippen molar-refractivity contribution in [3.05, 3.63) is 84.0 Å². The van der Waals surface area contributed by atoms with Crippen molar-refractivity contribution < 1.29 is 24.3 Å². The summed E-state index contributed by atoms with van der Waals surface area (Å²) >= 11 is 0. The van der Waals surface area contributed by atoms with Crippen molar-refractivity contribution >= 4 is 29.3 Å². The minimum absolute atomic E-state index is 0.0744. The highest BCUT2D eigenvalue weighted by Crippen LogP contribution is 2.64. The summed E-state index contributed by atoms with van der Waals surface area (Å²) in [4.78, 5) is 57.0. The Morgan fingerprint density at radius 3 is 2.45 bits per heavy atom. The number of benzene rings is 2. The van der Waals surface area contributed by atoms with Crippen LogP contribution in [-0.4, -0.2) is 40.7 Å². The summed E-state index contributed by atoms with van der Waals surface area (Å²) in [5.74, 6) is -3.75. The molecule has 4 amide bonds. The number of rotatable bonds is 4. The molecule has 3 fully saturated rings. The topological polar surface area (TPSA) is 95.0 Å². The predicted molar refractivity (Wildman–Crippen MR) is 141 cm³/mol. The molecule has 7 nitrogen and oxygen atoms in total. The molecule has 4 aliphatic rings. The SMILES string of the molecule is C=CCc1cccc(C2C3=CCC4C(=O)N(C)C(=O)C4C3CC3C(=O)N(c4ccccc4)C(=O)C32C)c1O. The van der Waals surface area contributed by atoms with Crippen molar-refractivity contribution in [2.24, 2.45) is 29.1 Å². The number of allylic oxidation sites excluding steroid dienone is 3. The number of hydrogen-bond acceptors (Lipinski definition) is 5. The van der Waals surface area contributed by atoms with E-state index in [0.29, 0.717) is 36.1 Å². The van der Waals surface area contributed by atoms with Crippen LogP contribution in [0.4, 0.5) is 5.69 Å². The van der Waals surface area contributed by atoms with E-state index in [0.717, 1.165) is 5.57 Å². The number of fused-ring (bicyclic) bond motifs is 4. The number of carbonyl (C=O) groups excluding carboxylic acids is 4. The van der Waals surface area contributed by atoms with E-state index in [-0.39, 0.29) is 35.3 Å². The third-order valence-corrected chi connectivity index (χ3v) is 9.34. The summed E-state index contributed by atoms with van der Waals surface area (Å²) in [6.45, 7) is 5.62. The average Bonchev–Trinajstić information content (AvgIpc) is 3.26. The van der Waals surface area contributed by atoms with Gasteiger partial charge in [-0.25, -0.2) is 4.90 Å². The fraction of sp³-hybridized carbons (Fsp3) is 0.355. The van der Waals surface area contributed by atoms with Crippen LogP contribution in [0.1, 0.15) is 36.8 Å². The number of amides is 4. The van der Waals surface area contributed by atoms with Crippen molar-refractivity contribution in [1.29, 1.82) is 0 Å². The molecule has 0 radical (unpaired) electrons. The lowest BCUT2D eigenvalue weighted by Crippen LogP contribution is -2.48. The number of carbonyl (C=O) groups is 4. The van der Waals surface area contributed by atoms with Gasteiger partial charge in [-0.1, -0.05) is 54.1 Å². The summed E-state index contributed by atoms with van der Waals surface area (Å²) in [6, 6.07) is 14.3. The number of aromatic hydroxyl groups is 1. The molecule has 2 aliphatic carbocycles. The number of phenolic OH excluding ortho intramolecular Hbond substituents is 1. The Kier molecular flexibility index (Phi) is 5.45. The second kappa shape index (κ2) is 8.51. The number of hydrogen-bond donors (Lipinski definition) is 1. The molecule has 6 rings (SSSR count). The number of phenols is 1. The number of imide groups is 2. The van der Waals surface area contributed by atoms with E-state index in [1.165, 1.54) is 16.8 Å². The van der Waals surface area contributed by atoms with E-state index in [1.807, 2.05) is 31.2 Å². The van der Waals surface area contributed by atoms with Gasteiger partial charge in [-0.2, -0.15) is 0 Å². The van der Waals surface area contributed by atoms with Crippen LogP contribution < -0.4 is 4.90 Å². The Hall–Kier alpha value is -4.00. The van der Waals surface area contributed by atoms with E-state index in [1.54, 1.807) is 36.4 Å². The Balaban J connectivity index is 1.57. The zero-order chi connectivity index (χ0) is 26.9. The van der Waals surface area contributed by atoms with Crippen molar-refractivity contribution in [2.75, 3.05) is 11.9 Å². The molecule has 1 N–H and O–H groups in total. The van der Waals surface area contributed by atoms with Crippen molar-refractivity contribution in [3.8, 4) is 5.75 Å². The van der Waals surface area contributed by atoms with E-state index in [9.17, 15) is 24.3 Å². The maximum absolute atomic E-state index is 14.3. The maximum Gasteiger partial charge on any atom is 0.241 e. The third kappa shape index (κ3) is 3.08. The molecule has 194 valence electrons. The standard InChI is InChI=1S/C31H30N2O5/c1-4-9-17-10-8-13-21(26(17)34)25-19-14-15-20-24(29(37)32(3)27(20)35)22(19)16-23-28(36)33(30(38)31(23,25)2)18-11-6-5-7-12-18/h4-8,10-14,20,22-25,34H,1,9,15-16H2,2-3H3. The van der Waals surface area contributed by atoms with Crippen LogP contribution in [0, 0.1) is 29.1 Å². The summed E-state index contributed by atoms with van der Waals surface area (Å²) < 4.78 is 0. The molecule has 6 atom stereocenters. The lowest BCUT2D eigenvalue weighted by Gasteiger charge is -2.49. The van der Waals surface area contributed by atoms with E-state index in [2.05, 4.69) is 6.58 Å². The molecule has 7 heteroatoms. The molecule has 2 heterocycles. The Morgan fingerprint density at radius 2 is 1.74 bits per heavy atom. The Bertz CT molecular complexity index is 1430. The van der Waals surface area contributed by atoms with Crippen LogP contribution in [0.5, 0.6) is 5.75 Å². The first-order chi connectivity index (χ1) is 18.2. The molecule has 6 unspecified atom stereocenters. The molecule has 2 saturated heterocycles. The quantitative estimate of drug-likeness (QED) is 0.496. The fourth-order valence-electron chi connectivity index (χ4n) is 7.50. The van der Waals surface area contributed by atoms with Gasteiger partial charge in [0.05, 0.1) is 28.9 Å². The summed E-state index contributed by atoms with van der Waals surface area (Å²) in [5.41, 5.74) is 1.43. The van der Waals surface area contributed by atoms with Gasteiger partial charge >= 0.3 is 0 Å². The van der Waals surface area contributed by atoms with Gasteiger partial charge in [-0.05, 0) is 49.8 Å². The van der Waals surface area contributed by atoms with E-state index >= 15 is 0 Å². The molecule has 2 aliphatic heterocycles. The Labute approximate surface area is 221 Å².